The monoisotopic (exact) mass is 495 g/mol. The van der Waals surface area contributed by atoms with Gasteiger partial charge in [0.15, 0.2) is 22.9 Å². The van der Waals surface area contributed by atoms with E-state index in [9.17, 15) is 5.21 Å². The number of nitrogens with zero attached hydrogens (tertiary/aromatic N) is 7. The highest BCUT2D eigenvalue weighted by Crippen LogP contribution is 2.48. The second-order valence-corrected chi connectivity index (χ2v) is 11.1. The van der Waals surface area contributed by atoms with Crippen molar-refractivity contribution in [2.75, 3.05) is 19.8 Å². The molecule has 1 saturated carbocycles. The molecule has 1 N–H and O–H groups in total. The molecule has 4 heterocycles. The van der Waals surface area contributed by atoms with Gasteiger partial charge in [-0.1, -0.05) is 16.7 Å². The molecule has 2 aliphatic carbocycles. The van der Waals surface area contributed by atoms with Crippen molar-refractivity contribution in [1.82, 2.24) is 29.6 Å². The number of hydrogen-bond donors (Lipinski definition) is 1. The van der Waals surface area contributed by atoms with Crippen molar-refractivity contribution in [3.8, 4) is 11.5 Å². The maximum Gasteiger partial charge on any atom is 0.185 e. The molecule has 6 rings (SSSR count). The number of hydrogen-bond acceptors (Lipinski definition) is 9. The summed E-state index contributed by atoms with van der Waals surface area (Å²) in [5, 5.41) is 18.9. The van der Waals surface area contributed by atoms with E-state index in [1.807, 2.05) is 12.6 Å². The van der Waals surface area contributed by atoms with Crippen LogP contribution in [0.1, 0.15) is 75.7 Å². The second kappa shape index (κ2) is 8.89. The molecule has 2 fully saturated rings. The molecule has 35 heavy (non-hydrogen) atoms. The van der Waals surface area contributed by atoms with Gasteiger partial charge in [-0.2, -0.15) is 0 Å². The first-order valence-corrected chi connectivity index (χ1v) is 14.0. The van der Waals surface area contributed by atoms with Crippen LogP contribution in [0.5, 0.6) is 0 Å². The summed E-state index contributed by atoms with van der Waals surface area (Å²) in [4.78, 5) is 17.1. The zero-order valence-electron chi connectivity index (χ0n) is 20.7. The molecule has 1 aliphatic heterocycles. The fourth-order valence-corrected chi connectivity index (χ4v) is 7.22. The largest absolute Gasteiger partial charge is 0.411 e. The molecule has 3 aliphatic rings. The number of aromatic nitrogens is 5. The Bertz CT molecular complexity index is 1280. The summed E-state index contributed by atoms with van der Waals surface area (Å²) in [6, 6.07) is 0.718. The zero-order chi connectivity index (χ0) is 24.2. The third-order valence-corrected chi connectivity index (χ3v) is 9.23. The van der Waals surface area contributed by atoms with Gasteiger partial charge in [0.1, 0.15) is 10.5 Å². The van der Waals surface area contributed by atoms with Gasteiger partial charge in [0.25, 0.3) is 0 Å². The van der Waals surface area contributed by atoms with Crippen molar-refractivity contribution in [3.05, 3.63) is 17.7 Å². The first kappa shape index (κ1) is 23.0. The van der Waals surface area contributed by atoms with E-state index in [2.05, 4.69) is 33.8 Å². The molecule has 186 valence electrons. The van der Waals surface area contributed by atoms with Crippen LogP contribution in [0.2, 0.25) is 0 Å². The summed E-state index contributed by atoms with van der Waals surface area (Å²) >= 11 is 1.58. The maximum absolute atomic E-state index is 9.80. The van der Waals surface area contributed by atoms with Crippen LogP contribution in [-0.2, 0) is 11.8 Å². The summed E-state index contributed by atoms with van der Waals surface area (Å²) in [7, 11) is 2.20. The lowest BCUT2D eigenvalue weighted by Gasteiger charge is -2.38. The standard InChI is InChI=1S/C25H33N7O2S/c1-15(17-9-7-13-31(17)2)32-14-26-20-23(32)27-22(28-24(20)35-3)19-16-8-6-12-25(21(16)34-30-19)11-5-4-10-18(25)29-33/h14-15,17,33H,4-13H2,1-3H3/b29-18-/t15-,17-,25+/m0/s1. The van der Waals surface area contributed by atoms with E-state index in [0.717, 1.165) is 90.4 Å². The molecular weight excluding hydrogens is 462 g/mol. The Morgan fingerprint density at radius 2 is 2.06 bits per heavy atom. The molecule has 0 unspecified atom stereocenters. The van der Waals surface area contributed by atoms with Gasteiger partial charge in [-0.25, -0.2) is 15.0 Å². The number of thioether (sulfide) groups is 1. The maximum atomic E-state index is 9.80. The highest BCUT2D eigenvalue weighted by Gasteiger charge is 2.47. The van der Waals surface area contributed by atoms with Crippen molar-refractivity contribution < 1.29 is 9.73 Å². The van der Waals surface area contributed by atoms with Crippen LogP contribution < -0.4 is 0 Å². The fraction of sp³-hybridized carbons (Fsp3) is 0.640. The van der Waals surface area contributed by atoms with Gasteiger partial charge in [-0.15, -0.1) is 11.8 Å². The molecule has 10 heteroatoms. The predicted octanol–water partition coefficient (Wildman–Crippen LogP) is 4.84. The molecule has 0 radical (unpaired) electrons. The first-order chi connectivity index (χ1) is 17.1. The van der Waals surface area contributed by atoms with E-state index in [1.54, 1.807) is 11.8 Å². The molecule has 3 atom stereocenters. The lowest BCUT2D eigenvalue weighted by atomic mass is 9.64. The van der Waals surface area contributed by atoms with E-state index < -0.39 is 0 Å². The average Bonchev–Trinajstić information content (AvgIpc) is 3.62. The normalized spacial score (nSPS) is 27.2. The Morgan fingerprint density at radius 3 is 2.83 bits per heavy atom. The predicted molar refractivity (Wildman–Crippen MR) is 135 cm³/mol. The van der Waals surface area contributed by atoms with Crippen molar-refractivity contribution in [2.24, 2.45) is 5.16 Å². The summed E-state index contributed by atoms with van der Waals surface area (Å²) < 4.78 is 8.26. The van der Waals surface area contributed by atoms with Gasteiger partial charge in [-0.05, 0) is 78.1 Å². The van der Waals surface area contributed by atoms with Crippen LogP contribution in [0, 0.1) is 0 Å². The summed E-state index contributed by atoms with van der Waals surface area (Å²) in [5.41, 5.74) is 3.97. The zero-order valence-corrected chi connectivity index (χ0v) is 21.5. The SMILES string of the molecule is CSc1nc(-c2noc3c2CCC[C@@]32CCCC/C2=N/O)nc2c1ncn2[C@@H](C)[C@@H]1CCCN1C. The minimum absolute atomic E-state index is 0.255. The number of oxime groups is 1. The molecule has 0 aromatic carbocycles. The minimum Gasteiger partial charge on any atom is -0.411 e. The lowest BCUT2D eigenvalue weighted by Crippen LogP contribution is -2.41. The quantitative estimate of drug-likeness (QED) is 0.237. The Kier molecular flexibility index (Phi) is 5.83. The van der Waals surface area contributed by atoms with Crippen molar-refractivity contribution in [1.29, 1.82) is 0 Å². The second-order valence-electron chi connectivity index (χ2n) is 10.3. The highest BCUT2D eigenvalue weighted by molar-refractivity contribution is 7.98. The van der Waals surface area contributed by atoms with E-state index in [4.69, 9.17) is 19.5 Å². The van der Waals surface area contributed by atoms with Crippen LogP contribution >= 0.6 is 11.8 Å². The smallest absolute Gasteiger partial charge is 0.185 e. The van der Waals surface area contributed by atoms with E-state index in [0.29, 0.717) is 11.9 Å². The highest BCUT2D eigenvalue weighted by atomic mass is 32.2. The Hall–Kier alpha value is -2.46. The summed E-state index contributed by atoms with van der Waals surface area (Å²) in [6.45, 7) is 3.39. The van der Waals surface area contributed by atoms with Crippen LogP contribution in [0.25, 0.3) is 22.7 Å². The topological polar surface area (TPSA) is 105 Å². The van der Waals surface area contributed by atoms with Crippen LogP contribution in [0.15, 0.2) is 21.0 Å². The molecule has 3 aromatic heterocycles. The van der Waals surface area contributed by atoms with E-state index in [1.165, 1.54) is 12.8 Å². The first-order valence-electron chi connectivity index (χ1n) is 12.8. The minimum atomic E-state index is -0.346. The van der Waals surface area contributed by atoms with Crippen LogP contribution in [-0.4, -0.2) is 66.4 Å². The molecule has 1 saturated heterocycles. The number of imidazole rings is 1. The molecular formula is C25H33N7O2S. The third kappa shape index (κ3) is 3.51. The van der Waals surface area contributed by atoms with Gasteiger partial charge >= 0.3 is 0 Å². The van der Waals surface area contributed by atoms with Gasteiger partial charge < -0.3 is 19.2 Å². The Labute approximate surface area is 209 Å². The van der Waals surface area contributed by atoms with Gasteiger partial charge in [0, 0.05) is 17.6 Å². The Balaban J connectivity index is 1.47. The molecule has 0 amide bonds. The fourth-order valence-electron chi connectivity index (χ4n) is 6.70. The number of likely N-dealkylation sites (N-methyl/N-ethyl adjacent to an activating group) is 1. The van der Waals surface area contributed by atoms with E-state index in [-0.39, 0.29) is 11.5 Å². The molecule has 1 spiro atoms. The van der Waals surface area contributed by atoms with Gasteiger partial charge in [0.2, 0.25) is 0 Å². The van der Waals surface area contributed by atoms with Crippen molar-refractivity contribution in [3.63, 3.8) is 0 Å². The molecule has 9 nitrogen and oxygen atoms in total. The average molecular weight is 496 g/mol. The third-order valence-electron chi connectivity index (χ3n) is 8.56. The van der Waals surface area contributed by atoms with Gasteiger partial charge in [0.05, 0.1) is 17.5 Å². The van der Waals surface area contributed by atoms with Crippen LogP contribution in [0.4, 0.5) is 0 Å². The Morgan fingerprint density at radius 1 is 1.20 bits per heavy atom. The molecule has 0 bridgehead atoms. The van der Waals surface area contributed by atoms with Gasteiger partial charge in [-0.3, -0.25) is 0 Å². The number of rotatable bonds is 4. The van der Waals surface area contributed by atoms with Crippen LogP contribution in [0.3, 0.4) is 0 Å². The number of likely N-dealkylation sites (tertiary alicyclic amines) is 1. The van der Waals surface area contributed by atoms with Crippen molar-refractivity contribution in [2.45, 2.75) is 87.2 Å². The summed E-state index contributed by atoms with van der Waals surface area (Å²) in [6.07, 6.45) is 13.0. The summed E-state index contributed by atoms with van der Waals surface area (Å²) in [5.74, 6) is 1.45. The molecule has 3 aromatic rings. The van der Waals surface area contributed by atoms with E-state index >= 15 is 0 Å². The number of fused-ring (bicyclic) bond motifs is 3. The van der Waals surface area contributed by atoms with Crippen molar-refractivity contribution >= 4 is 28.6 Å². The lowest BCUT2D eigenvalue weighted by molar-refractivity contribution is 0.242.